The number of hydrogen-bond donors (Lipinski definition) is 5. The zero-order valence-corrected chi connectivity index (χ0v) is 23.0. The van der Waals surface area contributed by atoms with Gasteiger partial charge < -0.3 is 22.1 Å². The summed E-state index contributed by atoms with van der Waals surface area (Å²) in [6.45, 7) is 2.57. The van der Waals surface area contributed by atoms with Gasteiger partial charge in [-0.2, -0.15) is 0 Å². The molecular weight excluding hydrogens is 518 g/mol. The lowest BCUT2D eigenvalue weighted by atomic mass is 9.81. The van der Waals surface area contributed by atoms with E-state index in [0.717, 1.165) is 53.6 Å². The third-order valence-electron chi connectivity index (χ3n) is 7.77. The summed E-state index contributed by atoms with van der Waals surface area (Å²) in [6.07, 6.45) is 3.77. The van der Waals surface area contributed by atoms with Crippen molar-refractivity contribution in [2.75, 3.05) is 17.6 Å². The van der Waals surface area contributed by atoms with Crippen LogP contribution in [0.3, 0.4) is 0 Å². The molecule has 0 saturated heterocycles. The highest BCUT2D eigenvalue weighted by atomic mass is 16.2. The summed E-state index contributed by atoms with van der Waals surface area (Å²) >= 11 is 0. The maximum Gasteiger partial charge on any atom is 0.247 e. The fourth-order valence-electron chi connectivity index (χ4n) is 5.32. The van der Waals surface area contributed by atoms with Gasteiger partial charge in [-0.05, 0) is 103 Å². The van der Waals surface area contributed by atoms with Gasteiger partial charge in [0.1, 0.15) is 11.9 Å². The van der Waals surface area contributed by atoms with Crippen LogP contribution in [0.15, 0.2) is 60.7 Å². The molecule has 1 aliphatic carbocycles. The molecule has 2 amide bonds. The van der Waals surface area contributed by atoms with Gasteiger partial charge in [0, 0.05) is 34.8 Å². The summed E-state index contributed by atoms with van der Waals surface area (Å²) in [4.78, 5) is 31.1. The van der Waals surface area contributed by atoms with Crippen LogP contribution in [0, 0.1) is 18.8 Å². The number of hydrogen-bond acceptors (Lipinski definition) is 8. The fraction of sp³-hybridized carbons (Fsp3) is 0.333. The largest absolute Gasteiger partial charge is 0.384 e. The van der Waals surface area contributed by atoms with E-state index in [-0.39, 0.29) is 17.7 Å². The Balaban J connectivity index is 1.31. The van der Waals surface area contributed by atoms with Crippen molar-refractivity contribution in [2.45, 2.75) is 45.1 Å². The van der Waals surface area contributed by atoms with Crippen LogP contribution in [0.1, 0.15) is 36.9 Å². The van der Waals surface area contributed by atoms with E-state index in [4.69, 9.17) is 11.5 Å². The number of nitrogens with one attached hydrogen (secondary N) is 3. The molecule has 0 bridgehead atoms. The molecule has 1 aliphatic rings. The number of carbonyl (C=O) groups is 2. The molecule has 1 fully saturated rings. The van der Waals surface area contributed by atoms with Crippen LogP contribution in [0.2, 0.25) is 0 Å². The molecule has 11 nitrogen and oxygen atoms in total. The number of nitrogen functional groups attached to an aromatic ring is 1. The zero-order valence-electron chi connectivity index (χ0n) is 23.0. The minimum atomic E-state index is -0.751. The Morgan fingerprint density at radius 1 is 0.976 bits per heavy atom. The number of pyridine rings is 1. The molecule has 0 aliphatic heterocycles. The molecule has 0 unspecified atom stereocenters. The van der Waals surface area contributed by atoms with Crippen molar-refractivity contribution in [3.8, 4) is 22.5 Å². The lowest BCUT2D eigenvalue weighted by Gasteiger charge is -2.28. The fourth-order valence-corrected chi connectivity index (χ4v) is 5.32. The second kappa shape index (κ2) is 12.7. The normalized spacial score (nSPS) is 17.5. The van der Waals surface area contributed by atoms with E-state index in [1.807, 2.05) is 49.4 Å². The number of rotatable bonds is 9. The average molecular weight is 554 g/mol. The average Bonchev–Trinajstić information content (AvgIpc) is 3.53. The van der Waals surface area contributed by atoms with Gasteiger partial charge in [0.2, 0.25) is 11.8 Å². The second-order valence-corrected chi connectivity index (χ2v) is 10.6. The number of anilines is 2. The Labute approximate surface area is 238 Å². The number of amides is 2. The smallest absolute Gasteiger partial charge is 0.247 e. The third kappa shape index (κ3) is 6.93. The van der Waals surface area contributed by atoms with E-state index in [1.165, 1.54) is 0 Å². The van der Waals surface area contributed by atoms with E-state index in [9.17, 15) is 9.59 Å². The highest BCUT2D eigenvalue weighted by Gasteiger charge is 2.29. The van der Waals surface area contributed by atoms with Gasteiger partial charge in [-0.1, -0.05) is 24.3 Å². The van der Waals surface area contributed by atoms with Crippen LogP contribution in [-0.2, 0) is 16.0 Å². The van der Waals surface area contributed by atoms with E-state index >= 15 is 0 Å². The first-order chi connectivity index (χ1) is 19.9. The van der Waals surface area contributed by atoms with Gasteiger partial charge in [-0.15, -0.1) is 5.10 Å². The standard InChI is InChI=1S/C30H35N9O2/c1-18-25(14-15-27(32)33-18)21-6-2-19(3-7-21)16-26(35-29(40)23-8-4-20(17-31)5-9-23)30(41)34-24-12-10-22(11-13-24)28-36-38-39-37-28/h2-3,6-7,10-15,20,23,26H,4-5,8-9,16-17,31H2,1H3,(H2,32,33)(H,34,41)(H,35,40)(H,36,37,38,39)/t20-,23-,26-/m0/s1. The summed E-state index contributed by atoms with van der Waals surface area (Å²) in [5, 5.41) is 19.8. The molecule has 1 atom stereocenters. The number of nitrogens with zero attached hydrogens (tertiary/aromatic N) is 4. The number of aromatic amines is 1. The second-order valence-electron chi connectivity index (χ2n) is 10.6. The maximum absolute atomic E-state index is 13.5. The minimum Gasteiger partial charge on any atom is -0.384 e. The van der Waals surface area contributed by atoms with Crippen molar-refractivity contribution in [1.82, 2.24) is 30.9 Å². The molecule has 2 heterocycles. The van der Waals surface area contributed by atoms with E-state index in [0.29, 0.717) is 36.2 Å². The van der Waals surface area contributed by atoms with Crippen molar-refractivity contribution < 1.29 is 9.59 Å². The molecule has 212 valence electrons. The molecular formula is C30H35N9O2. The summed E-state index contributed by atoms with van der Waals surface area (Å²) in [5.74, 6) is 0.984. The quantitative estimate of drug-likeness (QED) is 0.210. The molecule has 0 spiro atoms. The first-order valence-electron chi connectivity index (χ1n) is 13.9. The SMILES string of the molecule is Cc1nc(N)ccc1-c1ccc(C[C@H](NC(=O)[C@H]2CC[C@H](CN)CC2)C(=O)Nc2ccc(-c3nnn[nH]3)cc2)cc1. The molecule has 11 heteroatoms. The summed E-state index contributed by atoms with van der Waals surface area (Å²) in [7, 11) is 0. The maximum atomic E-state index is 13.5. The van der Waals surface area contributed by atoms with Crippen molar-refractivity contribution in [3.05, 3.63) is 71.9 Å². The Morgan fingerprint density at radius 2 is 1.68 bits per heavy atom. The lowest BCUT2D eigenvalue weighted by molar-refractivity contribution is -0.130. The van der Waals surface area contributed by atoms with Crippen molar-refractivity contribution >= 4 is 23.3 Å². The van der Waals surface area contributed by atoms with Crippen LogP contribution >= 0.6 is 0 Å². The van der Waals surface area contributed by atoms with Gasteiger partial charge in [0.15, 0.2) is 5.82 Å². The summed E-state index contributed by atoms with van der Waals surface area (Å²) in [6, 6.07) is 18.1. The van der Waals surface area contributed by atoms with Gasteiger partial charge in [-0.25, -0.2) is 10.1 Å². The third-order valence-corrected chi connectivity index (χ3v) is 7.77. The molecule has 5 rings (SSSR count). The first kappa shape index (κ1) is 27.9. The van der Waals surface area contributed by atoms with Gasteiger partial charge in [0.25, 0.3) is 0 Å². The highest BCUT2D eigenvalue weighted by Crippen LogP contribution is 2.29. The Morgan fingerprint density at radius 3 is 2.32 bits per heavy atom. The number of aryl methyl sites for hydroxylation is 1. The molecule has 2 aromatic heterocycles. The van der Waals surface area contributed by atoms with Crippen LogP contribution < -0.4 is 22.1 Å². The predicted octanol–water partition coefficient (Wildman–Crippen LogP) is 3.25. The zero-order chi connectivity index (χ0) is 28.8. The predicted molar refractivity (Wildman–Crippen MR) is 157 cm³/mol. The van der Waals surface area contributed by atoms with Crippen LogP contribution in [0.5, 0.6) is 0 Å². The number of carbonyl (C=O) groups excluding carboxylic acids is 2. The number of benzene rings is 2. The van der Waals surface area contributed by atoms with E-state index in [1.54, 1.807) is 18.2 Å². The summed E-state index contributed by atoms with van der Waals surface area (Å²) in [5.41, 5.74) is 16.8. The molecule has 1 saturated carbocycles. The van der Waals surface area contributed by atoms with Crippen LogP contribution in [-0.4, -0.2) is 50.0 Å². The highest BCUT2D eigenvalue weighted by molar-refractivity contribution is 5.97. The molecule has 41 heavy (non-hydrogen) atoms. The number of H-pyrrole nitrogens is 1. The van der Waals surface area contributed by atoms with Crippen molar-refractivity contribution in [3.63, 3.8) is 0 Å². The molecule has 2 aromatic carbocycles. The Hall–Kier alpha value is -4.64. The van der Waals surface area contributed by atoms with Crippen LogP contribution in [0.25, 0.3) is 22.5 Å². The van der Waals surface area contributed by atoms with Crippen LogP contribution in [0.4, 0.5) is 11.5 Å². The van der Waals surface area contributed by atoms with Gasteiger partial charge in [0.05, 0.1) is 0 Å². The molecule has 7 N–H and O–H groups in total. The van der Waals surface area contributed by atoms with Crippen molar-refractivity contribution in [1.29, 1.82) is 0 Å². The molecule has 0 radical (unpaired) electrons. The Kier molecular flexibility index (Phi) is 8.64. The minimum absolute atomic E-state index is 0.0889. The molecule has 4 aromatic rings. The first-order valence-corrected chi connectivity index (χ1v) is 13.9. The van der Waals surface area contributed by atoms with E-state index < -0.39 is 6.04 Å². The Bertz CT molecular complexity index is 1460. The monoisotopic (exact) mass is 553 g/mol. The topological polar surface area (TPSA) is 178 Å². The number of nitrogens with two attached hydrogens (primary N) is 2. The summed E-state index contributed by atoms with van der Waals surface area (Å²) < 4.78 is 0. The number of tetrazole rings is 1. The number of aromatic nitrogens is 5. The van der Waals surface area contributed by atoms with Gasteiger partial charge in [-0.3, -0.25) is 9.59 Å². The van der Waals surface area contributed by atoms with Gasteiger partial charge >= 0.3 is 0 Å². The van der Waals surface area contributed by atoms with Crippen molar-refractivity contribution in [2.24, 2.45) is 17.6 Å². The lowest BCUT2D eigenvalue weighted by Crippen LogP contribution is -2.48. The van der Waals surface area contributed by atoms with E-state index in [2.05, 4.69) is 36.2 Å².